The van der Waals surface area contributed by atoms with E-state index in [2.05, 4.69) is 25.9 Å². The highest BCUT2D eigenvalue weighted by Crippen LogP contribution is 2.37. The summed E-state index contributed by atoms with van der Waals surface area (Å²) >= 11 is 0. The molecule has 40 heavy (non-hydrogen) atoms. The lowest BCUT2D eigenvalue weighted by Gasteiger charge is -2.12. The van der Waals surface area contributed by atoms with Crippen LogP contribution in [0.15, 0.2) is 43.0 Å². The van der Waals surface area contributed by atoms with E-state index in [1.54, 1.807) is 24.3 Å². The SMILES string of the molecule is CCc1cc(Nc2nccn3c(-c4cn(CC#N)nc4C(F)(F)F)cnc23)ccc1C(=O)NOCCN.O=CO. The zero-order valence-electron chi connectivity index (χ0n) is 21.0. The maximum absolute atomic E-state index is 13.7. The van der Waals surface area contributed by atoms with E-state index in [1.807, 2.05) is 6.92 Å². The Morgan fingerprint density at radius 3 is 2.73 bits per heavy atom. The molecule has 0 fully saturated rings. The molecule has 0 aliphatic rings. The Hall–Kier alpha value is -5.01. The number of carbonyl (C=O) groups excluding carboxylic acids is 1. The number of fused-ring (bicyclic) bond motifs is 1. The first-order valence-electron chi connectivity index (χ1n) is 11.6. The minimum absolute atomic E-state index is 0.135. The van der Waals surface area contributed by atoms with Crippen LogP contribution in [0.5, 0.6) is 0 Å². The van der Waals surface area contributed by atoms with E-state index >= 15 is 0 Å². The molecule has 0 saturated carbocycles. The summed E-state index contributed by atoms with van der Waals surface area (Å²) in [5.41, 5.74) is 8.52. The second kappa shape index (κ2) is 13.2. The van der Waals surface area contributed by atoms with E-state index < -0.39 is 17.8 Å². The minimum Gasteiger partial charge on any atom is -0.483 e. The fraction of sp³-hybridized carbons (Fsp3) is 0.250. The Morgan fingerprint density at radius 2 is 2.08 bits per heavy atom. The molecule has 16 heteroatoms. The first-order chi connectivity index (χ1) is 19.2. The number of benzene rings is 1. The molecule has 4 aromatic rings. The largest absolute Gasteiger partial charge is 0.483 e. The number of hydrogen-bond acceptors (Lipinski definition) is 9. The number of amides is 1. The van der Waals surface area contributed by atoms with Gasteiger partial charge in [0, 0.05) is 36.4 Å². The van der Waals surface area contributed by atoms with Crippen LogP contribution in [-0.4, -0.2) is 54.8 Å². The summed E-state index contributed by atoms with van der Waals surface area (Å²) in [5.74, 6) is -0.121. The molecule has 0 spiro atoms. The van der Waals surface area contributed by atoms with Crippen molar-refractivity contribution in [2.45, 2.75) is 26.1 Å². The fourth-order valence-corrected chi connectivity index (χ4v) is 3.73. The number of carboxylic acid groups (broad SMARTS) is 1. The number of anilines is 2. The Bertz CT molecular complexity index is 1530. The summed E-state index contributed by atoms with van der Waals surface area (Å²) in [6.45, 7) is 1.75. The lowest BCUT2D eigenvalue weighted by Crippen LogP contribution is -2.27. The van der Waals surface area contributed by atoms with Crippen molar-refractivity contribution < 1.29 is 32.7 Å². The third-order valence-corrected chi connectivity index (χ3v) is 5.35. The van der Waals surface area contributed by atoms with E-state index in [0.29, 0.717) is 17.7 Å². The van der Waals surface area contributed by atoms with Gasteiger partial charge < -0.3 is 16.2 Å². The molecule has 0 saturated heterocycles. The third kappa shape index (κ3) is 6.70. The number of nitrogens with two attached hydrogens (primary N) is 1. The number of nitrogens with one attached hydrogen (secondary N) is 2. The number of hydrogen-bond donors (Lipinski definition) is 4. The van der Waals surface area contributed by atoms with Gasteiger partial charge >= 0.3 is 6.18 Å². The summed E-state index contributed by atoms with van der Waals surface area (Å²) < 4.78 is 43.3. The molecule has 0 aliphatic carbocycles. The van der Waals surface area contributed by atoms with E-state index in [-0.39, 0.29) is 48.9 Å². The van der Waals surface area contributed by atoms with Gasteiger partial charge in [-0.3, -0.25) is 23.5 Å². The van der Waals surface area contributed by atoms with Gasteiger partial charge in [0.25, 0.3) is 12.4 Å². The second-order valence-corrected chi connectivity index (χ2v) is 7.88. The summed E-state index contributed by atoms with van der Waals surface area (Å²) in [6, 6.07) is 6.84. The maximum atomic E-state index is 13.7. The number of rotatable bonds is 9. The predicted octanol–water partition coefficient (Wildman–Crippen LogP) is 2.76. The van der Waals surface area contributed by atoms with Crippen LogP contribution in [0.3, 0.4) is 0 Å². The molecule has 210 valence electrons. The Labute approximate surface area is 225 Å². The molecule has 1 aromatic carbocycles. The van der Waals surface area contributed by atoms with E-state index in [0.717, 1.165) is 16.4 Å². The van der Waals surface area contributed by atoms with Crippen molar-refractivity contribution in [3.63, 3.8) is 0 Å². The smallest absolute Gasteiger partial charge is 0.435 e. The van der Waals surface area contributed by atoms with E-state index in [1.165, 1.54) is 23.0 Å². The van der Waals surface area contributed by atoms with Crippen molar-refractivity contribution >= 4 is 29.5 Å². The number of alkyl halides is 3. The lowest BCUT2D eigenvalue weighted by atomic mass is 10.0. The normalized spacial score (nSPS) is 10.9. The molecule has 3 aromatic heterocycles. The van der Waals surface area contributed by atoms with Crippen LogP contribution in [0.25, 0.3) is 16.9 Å². The van der Waals surface area contributed by atoms with Gasteiger partial charge in [0.2, 0.25) is 0 Å². The summed E-state index contributed by atoms with van der Waals surface area (Å²) in [7, 11) is 0. The molecule has 4 rings (SSSR count). The van der Waals surface area contributed by atoms with Gasteiger partial charge in [0.15, 0.2) is 17.2 Å². The molecule has 0 bridgehead atoms. The molecule has 1 amide bonds. The van der Waals surface area contributed by atoms with Crippen molar-refractivity contribution in [3.8, 4) is 17.3 Å². The zero-order chi connectivity index (χ0) is 29.3. The van der Waals surface area contributed by atoms with Gasteiger partial charge in [-0.1, -0.05) is 6.92 Å². The number of nitriles is 1. The number of aromatic nitrogens is 5. The highest BCUT2D eigenvalue weighted by atomic mass is 19.4. The average Bonchev–Trinajstić information content (AvgIpc) is 3.54. The molecular formula is C24H24F3N9O4. The van der Waals surface area contributed by atoms with Crippen molar-refractivity contribution in [3.05, 3.63) is 59.8 Å². The Kier molecular flexibility index (Phi) is 9.73. The monoisotopic (exact) mass is 559 g/mol. The van der Waals surface area contributed by atoms with Gasteiger partial charge in [-0.25, -0.2) is 15.4 Å². The first kappa shape index (κ1) is 29.5. The highest BCUT2D eigenvalue weighted by Gasteiger charge is 2.38. The summed E-state index contributed by atoms with van der Waals surface area (Å²) in [5, 5.41) is 22.4. The predicted molar refractivity (Wildman–Crippen MR) is 135 cm³/mol. The van der Waals surface area contributed by atoms with E-state index in [4.69, 9.17) is 25.7 Å². The molecule has 5 N–H and O–H groups in total. The van der Waals surface area contributed by atoms with E-state index in [9.17, 15) is 18.0 Å². The third-order valence-electron chi connectivity index (χ3n) is 5.35. The standard InChI is InChI=1S/C23H22F3N9O2.CH2O2/c1-2-14-11-15(3-4-16(14)22(36)33-37-10-6-28)31-20-21-30-12-18(35(21)9-7-29-20)17-13-34(8-5-27)32-19(17)23(24,25)26;2-1-3/h3-4,7,9,11-13H,2,6,8,10,28H2,1H3,(H,29,31)(H,33,36);1H,(H,2,3). The molecule has 0 aliphatic heterocycles. The number of nitrogens with zero attached hydrogens (tertiary/aromatic N) is 6. The van der Waals surface area contributed by atoms with Gasteiger partial charge in [-0.15, -0.1) is 0 Å². The second-order valence-electron chi connectivity index (χ2n) is 7.88. The Balaban J connectivity index is 0.00000141. The number of aryl methyl sites for hydroxylation is 1. The Morgan fingerprint density at radius 1 is 1.32 bits per heavy atom. The van der Waals surface area contributed by atoms with Crippen molar-refractivity contribution in [1.29, 1.82) is 5.26 Å². The van der Waals surface area contributed by atoms with Gasteiger partial charge in [-0.2, -0.15) is 23.5 Å². The van der Waals surface area contributed by atoms with Crippen LogP contribution in [-0.2, 0) is 28.8 Å². The van der Waals surface area contributed by atoms with Crippen LogP contribution in [0.2, 0.25) is 0 Å². The van der Waals surface area contributed by atoms with Crippen LogP contribution in [0, 0.1) is 11.3 Å². The van der Waals surface area contributed by atoms with Crippen molar-refractivity contribution in [2.75, 3.05) is 18.5 Å². The molecule has 0 atom stereocenters. The zero-order valence-corrected chi connectivity index (χ0v) is 21.0. The van der Waals surface area contributed by atoms with Crippen LogP contribution in [0.4, 0.5) is 24.7 Å². The molecular weight excluding hydrogens is 535 g/mol. The molecule has 0 unspecified atom stereocenters. The van der Waals surface area contributed by atoms with Gasteiger partial charge in [0.1, 0.15) is 6.54 Å². The highest BCUT2D eigenvalue weighted by molar-refractivity contribution is 5.95. The maximum Gasteiger partial charge on any atom is 0.435 e. The quantitative estimate of drug-likeness (QED) is 0.135. The minimum atomic E-state index is -4.73. The first-order valence-corrected chi connectivity index (χ1v) is 11.6. The molecule has 0 radical (unpaired) electrons. The van der Waals surface area contributed by atoms with Crippen LogP contribution in [0.1, 0.15) is 28.5 Å². The van der Waals surface area contributed by atoms with Gasteiger partial charge in [-0.05, 0) is 30.2 Å². The van der Waals surface area contributed by atoms with Crippen molar-refractivity contribution in [2.24, 2.45) is 5.73 Å². The lowest BCUT2D eigenvalue weighted by molar-refractivity contribution is -0.141. The number of halogens is 3. The number of hydroxylamine groups is 1. The fourth-order valence-electron chi connectivity index (χ4n) is 3.73. The molecule has 13 nitrogen and oxygen atoms in total. The summed E-state index contributed by atoms with van der Waals surface area (Å²) in [6.07, 6.45) is 1.18. The topological polar surface area (TPSA) is 185 Å². The number of carbonyl (C=O) groups is 2. The van der Waals surface area contributed by atoms with Crippen LogP contribution >= 0.6 is 0 Å². The summed E-state index contributed by atoms with van der Waals surface area (Å²) in [4.78, 5) is 34.3. The van der Waals surface area contributed by atoms with Gasteiger partial charge in [0.05, 0.1) is 30.1 Å². The van der Waals surface area contributed by atoms with Crippen molar-refractivity contribution in [1.82, 2.24) is 29.6 Å². The number of imidazole rings is 1. The molecule has 3 heterocycles. The van der Waals surface area contributed by atoms with Crippen LogP contribution < -0.4 is 16.5 Å². The average molecular weight is 560 g/mol.